The predicted octanol–water partition coefficient (Wildman–Crippen LogP) is 0.905. The van der Waals surface area contributed by atoms with Gasteiger partial charge >= 0.3 is 5.69 Å². The second-order valence-corrected chi connectivity index (χ2v) is 7.84. The molecule has 4 heterocycles. The van der Waals surface area contributed by atoms with Crippen LogP contribution in [0.1, 0.15) is 26.7 Å². The van der Waals surface area contributed by atoms with E-state index in [0.717, 1.165) is 44.8 Å². The van der Waals surface area contributed by atoms with Crippen molar-refractivity contribution in [2.24, 2.45) is 0 Å². The minimum Gasteiger partial charge on any atom is -0.379 e. The largest absolute Gasteiger partial charge is 0.379 e. The van der Waals surface area contributed by atoms with Crippen molar-refractivity contribution in [2.45, 2.75) is 46.3 Å². The average Bonchev–Trinajstić information content (AvgIpc) is 3.45. The van der Waals surface area contributed by atoms with Gasteiger partial charge in [0.25, 0.3) is 5.56 Å². The standard InChI is InChI=1S/C22H29N7O3/c1-3-7-28-20-18(21(30)29(8-4-2)22(28)31)24-19(25-20)17-15-23-27(16-17)10-6-5-9-26-11-13-32-14-12-26/h15-16H,3-4,7-14H2,1-2H3,(H,24,25). The lowest BCUT2D eigenvalue weighted by molar-refractivity contribution is 0.0443. The minimum atomic E-state index is -0.334. The van der Waals surface area contributed by atoms with Crippen LogP contribution in [0.25, 0.3) is 22.6 Å². The van der Waals surface area contributed by atoms with Gasteiger partial charge in [0.15, 0.2) is 5.65 Å². The van der Waals surface area contributed by atoms with Crippen molar-refractivity contribution in [3.8, 4) is 23.2 Å². The highest BCUT2D eigenvalue weighted by Gasteiger charge is 2.18. The van der Waals surface area contributed by atoms with Crippen LogP contribution in [0, 0.1) is 11.8 Å². The Morgan fingerprint density at radius 1 is 1.06 bits per heavy atom. The number of morpholine rings is 1. The van der Waals surface area contributed by atoms with Crippen LogP contribution < -0.4 is 11.2 Å². The predicted molar refractivity (Wildman–Crippen MR) is 121 cm³/mol. The zero-order valence-electron chi connectivity index (χ0n) is 18.6. The van der Waals surface area contributed by atoms with Crippen LogP contribution in [0.5, 0.6) is 0 Å². The van der Waals surface area contributed by atoms with Gasteiger partial charge in [-0.25, -0.2) is 9.78 Å². The first-order valence-corrected chi connectivity index (χ1v) is 11.1. The van der Waals surface area contributed by atoms with Crippen molar-refractivity contribution in [3.63, 3.8) is 0 Å². The zero-order chi connectivity index (χ0) is 22.5. The van der Waals surface area contributed by atoms with E-state index in [9.17, 15) is 9.59 Å². The maximum absolute atomic E-state index is 12.9. The molecule has 0 aliphatic carbocycles. The van der Waals surface area contributed by atoms with Crippen molar-refractivity contribution < 1.29 is 4.74 Å². The molecule has 1 aliphatic rings. The third kappa shape index (κ3) is 4.54. The average molecular weight is 440 g/mol. The van der Waals surface area contributed by atoms with E-state index in [1.54, 1.807) is 15.4 Å². The number of aryl methyl sites for hydroxylation is 1. The van der Waals surface area contributed by atoms with Gasteiger partial charge in [0.2, 0.25) is 0 Å². The van der Waals surface area contributed by atoms with Gasteiger partial charge in [-0.05, 0) is 12.8 Å². The number of ether oxygens (including phenoxy) is 1. The maximum atomic E-state index is 12.9. The normalized spacial score (nSPS) is 14.6. The molecule has 0 radical (unpaired) electrons. The van der Waals surface area contributed by atoms with Gasteiger partial charge in [0.1, 0.15) is 17.9 Å². The molecule has 1 saturated heterocycles. The highest BCUT2D eigenvalue weighted by atomic mass is 16.5. The molecule has 0 unspecified atom stereocenters. The molecule has 1 aliphatic heterocycles. The van der Waals surface area contributed by atoms with Crippen LogP contribution in [0.2, 0.25) is 0 Å². The third-order valence-corrected chi connectivity index (χ3v) is 5.43. The van der Waals surface area contributed by atoms with E-state index in [2.05, 4.69) is 31.8 Å². The number of hydrogen-bond acceptors (Lipinski definition) is 6. The Balaban J connectivity index is 1.57. The topological polar surface area (TPSA) is 103 Å². The second-order valence-electron chi connectivity index (χ2n) is 7.84. The Morgan fingerprint density at radius 3 is 2.53 bits per heavy atom. The fourth-order valence-corrected chi connectivity index (χ4v) is 3.79. The molecule has 0 bridgehead atoms. The lowest BCUT2D eigenvalue weighted by atomic mass is 10.3. The van der Waals surface area contributed by atoms with E-state index in [1.807, 2.05) is 20.0 Å². The Kier molecular flexibility index (Phi) is 6.87. The molecular formula is C22H29N7O3. The van der Waals surface area contributed by atoms with Gasteiger partial charge in [-0.2, -0.15) is 5.10 Å². The van der Waals surface area contributed by atoms with Crippen molar-refractivity contribution >= 4 is 11.2 Å². The van der Waals surface area contributed by atoms with E-state index >= 15 is 0 Å². The van der Waals surface area contributed by atoms with Gasteiger partial charge in [0, 0.05) is 32.4 Å². The number of aromatic amines is 1. The number of imidazole rings is 1. The van der Waals surface area contributed by atoms with Crippen LogP contribution in [0.15, 0.2) is 22.0 Å². The summed E-state index contributed by atoms with van der Waals surface area (Å²) < 4.78 is 9.94. The van der Waals surface area contributed by atoms with Crippen molar-refractivity contribution in [3.05, 3.63) is 33.2 Å². The summed E-state index contributed by atoms with van der Waals surface area (Å²) in [5.74, 6) is 6.84. The SMILES string of the molecule is CCCn1c(=O)c2[nH]c(-c3cnn(CC#CCN4CCOCC4)c3)nc2n(CCC)c1=O. The monoisotopic (exact) mass is 439 g/mol. The summed E-state index contributed by atoms with van der Waals surface area (Å²) in [7, 11) is 0. The first-order chi connectivity index (χ1) is 15.6. The minimum absolute atomic E-state index is 0.310. The van der Waals surface area contributed by atoms with E-state index in [0.29, 0.717) is 43.0 Å². The number of H-pyrrole nitrogens is 1. The van der Waals surface area contributed by atoms with E-state index in [-0.39, 0.29) is 11.2 Å². The number of nitrogens with zero attached hydrogens (tertiary/aromatic N) is 6. The van der Waals surface area contributed by atoms with Crippen LogP contribution in [0.3, 0.4) is 0 Å². The van der Waals surface area contributed by atoms with Gasteiger partial charge in [0.05, 0.1) is 31.5 Å². The Bertz CT molecular complexity index is 1250. The van der Waals surface area contributed by atoms with Gasteiger partial charge in [-0.3, -0.25) is 23.5 Å². The molecule has 1 N–H and O–H groups in total. The Labute approximate surface area is 185 Å². The first kappa shape index (κ1) is 22.0. The number of fused-ring (bicyclic) bond motifs is 1. The molecule has 3 aromatic rings. The summed E-state index contributed by atoms with van der Waals surface area (Å²) in [4.78, 5) is 35.7. The summed E-state index contributed by atoms with van der Waals surface area (Å²) >= 11 is 0. The molecule has 0 aromatic carbocycles. The molecule has 0 amide bonds. The molecule has 0 saturated carbocycles. The molecule has 10 heteroatoms. The summed E-state index contributed by atoms with van der Waals surface area (Å²) in [5, 5.41) is 4.36. The van der Waals surface area contributed by atoms with E-state index in [1.165, 1.54) is 4.57 Å². The van der Waals surface area contributed by atoms with Gasteiger partial charge in [-0.15, -0.1) is 0 Å². The molecular weight excluding hydrogens is 410 g/mol. The lowest BCUT2D eigenvalue weighted by Crippen LogP contribution is -2.40. The third-order valence-electron chi connectivity index (χ3n) is 5.43. The first-order valence-electron chi connectivity index (χ1n) is 11.1. The molecule has 1 fully saturated rings. The van der Waals surface area contributed by atoms with Crippen molar-refractivity contribution in [2.75, 3.05) is 32.8 Å². The van der Waals surface area contributed by atoms with Crippen LogP contribution in [-0.2, 0) is 24.4 Å². The van der Waals surface area contributed by atoms with Gasteiger partial charge in [-0.1, -0.05) is 25.7 Å². The molecule has 170 valence electrons. The maximum Gasteiger partial charge on any atom is 0.332 e. The highest BCUT2D eigenvalue weighted by Crippen LogP contribution is 2.17. The van der Waals surface area contributed by atoms with Crippen molar-refractivity contribution in [1.29, 1.82) is 0 Å². The smallest absolute Gasteiger partial charge is 0.332 e. The van der Waals surface area contributed by atoms with Crippen LogP contribution >= 0.6 is 0 Å². The summed E-state index contributed by atoms with van der Waals surface area (Å²) in [6, 6.07) is 0. The molecule has 4 rings (SSSR count). The van der Waals surface area contributed by atoms with E-state index in [4.69, 9.17) is 4.74 Å². The molecule has 10 nitrogen and oxygen atoms in total. The fraction of sp³-hybridized carbons (Fsp3) is 0.545. The van der Waals surface area contributed by atoms with E-state index < -0.39 is 0 Å². The number of aromatic nitrogens is 6. The molecule has 0 atom stereocenters. The Hall–Kier alpha value is -3.16. The van der Waals surface area contributed by atoms with Crippen LogP contribution in [0.4, 0.5) is 0 Å². The van der Waals surface area contributed by atoms with Gasteiger partial charge < -0.3 is 9.72 Å². The highest BCUT2D eigenvalue weighted by molar-refractivity contribution is 5.75. The number of hydrogen-bond donors (Lipinski definition) is 1. The quantitative estimate of drug-likeness (QED) is 0.549. The second kappa shape index (κ2) is 9.97. The summed E-state index contributed by atoms with van der Waals surface area (Å²) in [6.07, 6.45) is 5.00. The fourth-order valence-electron chi connectivity index (χ4n) is 3.79. The van der Waals surface area contributed by atoms with Crippen LogP contribution in [-0.4, -0.2) is 66.6 Å². The molecule has 32 heavy (non-hydrogen) atoms. The summed E-state index contributed by atoms with van der Waals surface area (Å²) in [6.45, 7) is 9.35. The molecule has 0 spiro atoms. The lowest BCUT2D eigenvalue weighted by Gasteiger charge is -2.24. The zero-order valence-corrected chi connectivity index (χ0v) is 18.6. The van der Waals surface area contributed by atoms with Crippen molar-refractivity contribution in [1.82, 2.24) is 33.8 Å². The molecule has 3 aromatic heterocycles. The Morgan fingerprint density at radius 2 is 1.78 bits per heavy atom. The number of rotatable bonds is 7. The number of nitrogens with one attached hydrogen (secondary N) is 1. The summed E-state index contributed by atoms with van der Waals surface area (Å²) in [5.41, 5.74) is 0.838.